The number of hydrogen-bond donors (Lipinski definition) is 0. The Morgan fingerprint density at radius 2 is 2.23 bits per heavy atom. The third-order valence-corrected chi connectivity index (χ3v) is 1.83. The molecule has 1 aromatic rings. The monoisotopic (exact) mass is 179 g/mol. The van der Waals surface area contributed by atoms with E-state index >= 15 is 0 Å². The second kappa shape index (κ2) is 5.60. The summed E-state index contributed by atoms with van der Waals surface area (Å²) < 4.78 is 5.45. The average Bonchev–Trinajstić information content (AvgIpc) is 2.19. The first-order valence-corrected chi connectivity index (χ1v) is 4.66. The molecule has 0 fully saturated rings. The zero-order chi connectivity index (χ0) is 9.52. The summed E-state index contributed by atoms with van der Waals surface area (Å²) in [5.41, 5.74) is 0.786. The quantitative estimate of drug-likeness (QED) is 0.639. The van der Waals surface area contributed by atoms with E-state index in [9.17, 15) is 5.11 Å². The summed E-state index contributed by atoms with van der Waals surface area (Å²) in [5.74, 6) is 0.807. The number of hydrogen-bond acceptors (Lipinski definition) is 1. The molecule has 0 spiro atoms. The van der Waals surface area contributed by atoms with Crippen molar-refractivity contribution in [3.63, 3.8) is 0 Å². The minimum Gasteiger partial charge on any atom is -0.494 e. The van der Waals surface area contributed by atoms with Crippen LogP contribution in [-0.2, 0) is 11.7 Å². The standard InChI is InChI=1S/C11H15O2/c1-2-3-7-13-11-6-4-5-10(8-11)9-12/h4-6,8H,2-3,7,9H2,1H3. The van der Waals surface area contributed by atoms with Crippen LogP contribution in [0.4, 0.5) is 0 Å². The molecule has 0 aliphatic heterocycles. The lowest BCUT2D eigenvalue weighted by atomic mass is 10.2. The fraction of sp³-hybridized carbons (Fsp3) is 0.455. The summed E-state index contributed by atoms with van der Waals surface area (Å²) in [6.45, 7) is 2.68. The van der Waals surface area contributed by atoms with Gasteiger partial charge in [0.1, 0.15) is 12.4 Å². The minimum absolute atomic E-state index is 0.176. The van der Waals surface area contributed by atoms with Gasteiger partial charge in [-0.1, -0.05) is 25.5 Å². The second-order valence-electron chi connectivity index (χ2n) is 2.99. The highest BCUT2D eigenvalue weighted by molar-refractivity contribution is 5.27. The largest absolute Gasteiger partial charge is 0.494 e. The molecule has 13 heavy (non-hydrogen) atoms. The van der Waals surface area contributed by atoms with E-state index in [1.54, 1.807) is 0 Å². The molecular formula is C11H15O2. The van der Waals surface area contributed by atoms with Gasteiger partial charge >= 0.3 is 0 Å². The van der Waals surface area contributed by atoms with Crippen LogP contribution in [0.3, 0.4) is 0 Å². The van der Waals surface area contributed by atoms with Crippen molar-refractivity contribution in [2.75, 3.05) is 6.61 Å². The lowest BCUT2D eigenvalue weighted by Gasteiger charge is -2.05. The molecule has 0 unspecified atom stereocenters. The molecule has 0 N–H and O–H groups in total. The Morgan fingerprint density at radius 3 is 2.92 bits per heavy atom. The second-order valence-corrected chi connectivity index (χ2v) is 2.99. The highest BCUT2D eigenvalue weighted by Gasteiger charge is 1.95. The number of unbranched alkanes of at least 4 members (excludes halogenated alkanes) is 1. The summed E-state index contributed by atoms with van der Waals surface area (Å²) >= 11 is 0. The van der Waals surface area contributed by atoms with Crippen LogP contribution < -0.4 is 4.74 Å². The van der Waals surface area contributed by atoms with Gasteiger partial charge in [0.2, 0.25) is 0 Å². The van der Waals surface area contributed by atoms with Gasteiger partial charge in [0, 0.05) is 0 Å². The van der Waals surface area contributed by atoms with Crippen LogP contribution in [0, 0.1) is 0 Å². The van der Waals surface area contributed by atoms with Crippen molar-refractivity contribution in [3.05, 3.63) is 29.8 Å². The van der Waals surface area contributed by atoms with E-state index in [2.05, 4.69) is 6.92 Å². The Bertz CT molecular complexity index is 246. The lowest BCUT2D eigenvalue weighted by molar-refractivity contribution is 0.177. The summed E-state index contributed by atoms with van der Waals surface area (Å²) in [7, 11) is 0. The first kappa shape index (κ1) is 10.1. The molecule has 0 aromatic heterocycles. The van der Waals surface area contributed by atoms with Crippen LogP contribution in [0.2, 0.25) is 0 Å². The first-order valence-electron chi connectivity index (χ1n) is 4.66. The molecule has 0 aliphatic carbocycles. The van der Waals surface area contributed by atoms with E-state index in [4.69, 9.17) is 4.74 Å². The van der Waals surface area contributed by atoms with Gasteiger partial charge in [0.15, 0.2) is 0 Å². The number of rotatable bonds is 5. The van der Waals surface area contributed by atoms with Crippen molar-refractivity contribution in [1.82, 2.24) is 0 Å². The summed E-state index contributed by atoms with van der Waals surface area (Å²) in [4.78, 5) is 0. The van der Waals surface area contributed by atoms with Crippen molar-refractivity contribution < 1.29 is 9.84 Å². The van der Waals surface area contributed by atoms with Crippen LogP contribution in [0.15, 0.2) is 24.3 Å². The maximum absolute atomic E-state index is 10.6. The van der Waals surface area contributed by atoms with Gasteiger partial charge in [-0.3, -0.25) is 0 Å². The summed E-state index contributed by atoms with van der Waals surface area (Å²) in [6, 6.07) is 7.37. The molecule has 71 valence electrons. The number of ether oxygens (including phenoxy) is 1. The SMILES string of the molecule is CCCCOc1cccc(C[O])c1. The Morgan fingerprint density at radius 1 is 1.38 bits per heavy atom. The van der Waals surface area contributed by atoms with Gasteiger partial charge in [-0.2, -0.15) is 0 Å². The van der Waals surface area contributed by atoms with Gasteiger partial charge in [-0.15, -0.1) is 0 Å². The zero-order valence-corrected chi connectivity index (χ0v) is 7.95. The molecule has 1 radical (unpaired) electrons. The predicted octanol–water partition coefficient (Wildman–Crippen LogP) is 2.80. The molecule has 1 rings (SSSR count). The summed E-state index contributed by atoms with van der Waals surface area (Å²) in [5, 5.41) is 10.6. The third kappa shape index (κ3) is 3.47. The highest BCUT2D eigenvalue weighted by atomic mass is 16.5. The molecule has 0 heterocycles. The molecule has 2 heteroatoms. The molecule has 0 amide bonds. The molecule has 1 aromatic carbocycles. The van der Waals surface area contributed by atoms with Gasteiger partial charge in [0.25, 0.3) is 0 Å². The van der Waals surface area contributed by atoms with E-state index in [1.165, 1.54) is 0 Å². The molecule has 0 bridgehead atoms. The molecule has 0 saturated carbocycles. The van der Waals surface area contributed by atoms with Crippen LogP contribution >= 0.6 is 0 Å². The van der Waals surface area contributed by atoms with E-state index in [1.807, 2.05) is 24.3 Å². The van der Waals surface area contributed by atoms with Gasteiger partial charge in [0.05, 0.1) is 6.61 Å². The van der Waals surface area contributed by atoms with E-state index in [0.717, 1.165) is 30.8 Å². The molecule has 2 nitrogen and oxygen atoms in total. The Kier molecular flexibility index (Phi) is 4.33. The van der Waals surface area contributed by atoms with E-state index in [0.29, 0.717) is 0 Å². The van der Waals surface area contributed by atoms with Crippen LogP contribution in [0.25, 0.3) is 0 Å². The van der Waals surface area contributed by atoms with Crippen molar-refractivity contribution in [2.24, 2.45) is 0 Å². The normalized spacial score (nSPS) is 10.0. The minimum atomic E-state index is -0.176. The van der Waals surface area contributed by atoms with Gasteiger partial charge in [-0.05, 0) is 24.1 Å². The smallest absolute Gasteiger partial charge is 0.119 e. The Labute approximate surface area is 79.2 Å². The number of benzene rings is 1. The van der Waals surface area contributed by atoms with Crippen LogP contribution in [0.5, 0.6) is 5.75 Å². The van der Waals surface area contributed by atoms with Gasteiger partial charge in [-0.25, -0.2) is 5.11 Å². The highest BCUT2D eigenvalue weighted by Crippen LogP contribution is 2.13. The van der Waals surface area contributed by atoms with E-state index < -0.39 is 0 Å². The van der Waals surface area contributed by atoms with Crippen molar-refractivity contribution in [2.45, 2.75) is 26.4 Å². The summed E-state index contributed by atoms with van der Waals surface area (Å²) in [6.07, 6.45) is 2.18. The van der Waals surface area contributed by atoms with Crippen molar-refractivity contribution in [3.8, 4) is 5.75 Å². The fourth-order valence-electron chi connectivity index (χ4n) is 1.06. The van der Waals surface area contributed by atoms with Crippen molar-refractivity contribution in [1.29, 1.82) is 0 Å². The zero-order valence-electron chi connectivity index (χ0n) is 7.95. The molecule has 0 aliphatic rings. The lowest BCUT2D eigenvalue weighted by Crippen LogP contribution is -1.96. The average molecular weight is 179 g/mol. The van der Waals surface area contributed by atoms with Crippen LogP contribution in [-0.4, -0.2) is 6.61 Å². The van der Waals surface area contributed by atoms with Crippen molar-refractivity contribution >= 4 is 0 Å². The maximum Gasteiger partial charge on any atom is 0.119 e. The Balaban J connectivity index is 2.46. The topological polar surface area (TPSA) is 29.1 Å². The predicted molar refractivity (Wildman–Crippen MR) is 51.2 cm³/mol. The first-order chi connectivity index (χ1) is 6.36. The van der Waals surface area contributed by atoms with Crippen LogP contribution in [0.1, 0.15) is 25.3 Å². The Hall–Kier alpha value is -1.02. The molecular weight excluding hydrogens is 164 g/mol. The fourth-order valence-corrected chi connectivity index (χ4v) is 1.06. The molecule has 0 atom stereocenters. The van der Waals surface area contributed by atoms with Gasteiger partial charge < -0.3 is 4.74 Å². The van der Waals surface area contributed by atoms with E-state index in [-0.39, 0.29) is 6.61 Å². The molecule has 0 saturated heterocycles. The maximum atomic E-state index is 10.6. The third-order valence-electron chi connectivity index (χ3n) is 1.83.